The summed E-state index contributed by atoms with van der Waals surface area (Å²) < 4.78 is 5.68. The zero-order chi connectivity index (χ0) is 13.4. The van der Waals surface area contributed by atoms with Crippen LogP contribution in [0.5, 0.6) is 5.75 Å². The Morgan fingerprint density at radius 3 is 1.47 bits per heavy atom. The van der Waals surface area contributed by atoms with Gasteiger partial charge >= 0.3 is 0 Å². The molecule has 1 unspecified atom stereocenters. The van der Waals surface area contributed by atoms with E-state index < -0.39 is 0 Å². The Balaban J connectivity index is 3.58. The van der Waals surface area contributed by atoms with Gasteiger partial charge in [0.1, 0.15) is 5.75 Å². The number of hydrogen-bond donors (Lipinski definition) is 0. The maximum Gasteiger partial charge on any atom is 0.126 e. The molecule has 1 aromatic carbocycles. The predicted molar refractivity (Wildman–Crippen MR) is 79.7 cm³/mol. The summed E-state index contributed by atoms with van der Waals surface area (Å²) >= 11 is 0. The molecule has 0 N–H and O–H groups in total. The van der Waals surface area contributed by atoms with Crippen molar-refractivity contribution in [1.82, 2.24) is 0 Å². The van der Waals surface area contributed by atoms with Crippen LogP contribution in [0.4, 0.5) is 0 Å². The van der Waals surface area contributed by atoms with Crippen molar-refractivity contribution in [1.29, 1.82) is 0 Å². The maximum absolute atomic E-state index is 5.68. The van der Waals surface area contributed by atoms with E-state index in [9.17, 15) is 0 Å². The van der Waals surface area contributed by atoms with Crippen molar-refractivity contribution < 1.29 is 4.74 Å². The smallest absolute Gasteiger partial charge is 0.126 e. The highest BCUT2D eigenvalue weighted by Gasteiger charge is 2.26. The fraction of sp³-hybridized carbons (Fsp3) is 0.600. The molecule has 0 aliphatic heterocycles. The minimum atomic E-state index is 0.0952. The van der Waals surface area contributed by atoms with E-state index in [0.717, 1.165) is 5.75 Å². The van der Waals surface area contributed by atoms with Crippen molar-refractivity contribution in [3.63, 3.8) is 0 Å². The minimum Gasteiger partial charge on any atom is -0.496 e. The van der Waals surface area contributed by atoms with Gasteiger partial charge in [0.2, 0.25) is 0 Å². The molecule has 1 aromatic rings. The molecule has 0 heterocycles. The molecule has 0 fully saturated rings. The average molecular weight is 252 g/mol. The van der Waals surface area contributed by atoms with Crippen LogP contribution in [0.15, 0.2) is 12.1 Å². The molecule has 1 atom stereocenters. The summed E-state index contributed by atoms with van der Waals surface area (Å²) in [5, 5.41) is 1.22. The van der Waals surface area contributed by atoms with Crippen LogP contribution in [0.25, 0.3) is 0 Å². The quantitative estimate of drug-likeness (QED) is 0.691. The third-order valence-electron chi connectivity index (χ3n) is 2.93. The van der Waals surface area contributed by atoms with Crippen LogP contribution in [0.1, 0.15) is 52.7 Å². The molecular formula is C15H25OP. The van der Waals surface area contributed by atoms with Gasteiger partial charge in [0.15, 0.2) is 0 Å². The van der Waals surface area contributed by atoms with Crippen LogP contribution < -0.4 is 10.0 Å². The van der Waals surface area contributed by atoms with E-state index in [1.54, 1.807) is 7.11 Å². The number of ether oxygens (including phenoxy) is 1. The van der Waals surface area contributed by atoms with Crippen molar-refractivity contribution >= 4 is 14.5 Å². The van der Waals surface area contributed by atoms with Crippen LogP contribution in [-0.2, 0) is 10.8 Å². The first-order chi connectivity index (χ1) is 7.57. The van der Waals surface area contributed by atoms with E-state index in [2.05, 4.69) is 62.9 Å². The molecule has 1 nitrogen and oxygen atoms in total. The van der Waals surface area contributed by atoms with Crippen LogP contribution >= 0.6 is 9.24 Å². The van der Waals surface area contributed by atoms with Gasteiger partial charge in [-0.1, -0.05) is 41.5 Å². The summed E-state index contributed by atoms with van der Waals surface area (Å²) in [7, 11) is 4.57. The first-order valence-electron chi connectivity index (χ1n) is 6.06. The van der Waals surface area contributed by atoms with Gasteiger partial charge in [-0.15, -0.1) is 9.24 Å². The Morgan fingerprint density at radius 1 is 0.882 bits per heavy atom. The van der Waals surface area contributed by atoms with Gasteiger partial charge in [-0.05, 0) is 28.3 Å². The largest absolute Gasteiger partial charge is 0.496 e. The number of benzene rings is 1. The zero-order valence-electron chi connectivity index (χ0n) is 12.1. The van der Waals surface area contributed by atoms with E-state index in [1.807, 2.05) is 0 Å². The Bertz CT molecular complexity index is 373. The minimum absolute atomic E-state index is 0.0952. The summed E-state index contributed by atoms with van der Waals surface area (Å²) in [4.78, 5) is 0. The molecule has 0 amide bonds. The van der Waals surface area contributed by atoms with Crippen molar-refractivity contribution in [2.24, 2.45) is 0 Å². The van der Waals surface area contributed by atoms with Gasteiger partial charge in [0, 0.05) is 11.1 Å². The summed E-state index contributed by atoms with van der Waals surface area (Å²) in [5.41, 5.74) is 2.74. The van der Waals surface area contributed by atoms with E-state index in [-0.39, 0.29) is 10.8 Å². The first kappa shape index (κ1) is 14.5. The van der Waals surface area contributed by atoms with Gasteiger partial charge in [-0.2, -0.15) is 0 Å². The molecular weight excluding hydrogens is 227 g/mol. The molecule has 0 saturated carbocycles. The SMILES string of the molecule is COc1c(C(C)(C)C)cc(P)cc1C(C)(C)C. The monoisotopic (exact) mass is 252 g/mol. The molecule has 1 rings (SSSR count). The van der Waals surface area contributed by atoms with E-state index in [1.165, 1.54) is 16.4 Å². The highest BCUT2D eigenvalue weighted by Crippen LogP contribution is 2.39. The summed E-state index contributed by atoms with van der Waals surface area (Å²) in [5.74, 6) is 1.04. The molecule has 0 radical (unpaired) electrons. The second-order valence-electron chi connectivity index (χ2n) is 6.65. The molecule has 0 saturated heterocycles. The molecule has 2 heteroatoms. The molecule has 0 aromatic heterocycles. The van der Waals surface area contributed by atoms with Gasteiger partial charge in [0.05, 0.1) is 7.11 Å². The normalized spacial score (nSPS) is 12.7. The lowest BCUT2D eigenvalue weighted by molar-refractivity contribution is 0.382. The molecule has 0 bridgehead atoms. The fourth-order valence-corrected chi connectivity index (χ4v) is 2.32. The third-order valence-corrected chi connectivity index (χ3v) is 3.26. The lowest BCUT2D eigenvalue weighted by Crippen LogP contribution is -2.21. The Labute approximate surface area is 108 Å². The van der Waals surface area contributed by atoms with Crippen LogP contribution in [-0.4, -0.2) is 7.11 Å². The zero-order valence-corrected chi connectivity index (χ0v) is 13.3. The lowest BCUT2D eigenvalue weighted by Gasteiger charge is -2.29. The van der Waals surface area contributed by atoms with Crippen LogP contribution in [0.3, 0.4) is 0 Å². The Kier molecular flexibility index (Phi) is 3.94. The Morgan fingerprint density at radius 2 is 1.24 bits per heavy atom. The van der Waals surface area contributed by atoms with Crippen LogP contribution in [0.2, 0.25) is 0 Å². The maximum atomic E-state index is 5.68. The molecule has 96 valence electrons. The third kappa shape index (κ3) is 3.22. The standard InChI is InChI=1S/C15H25OP/c1-14(2,3)11-8-10(17)9-12(13(11)16-7)15(4,5)6/h8-9H,17H2,1-7H3. The number of methoxy groups -OCH3 is 1. The molecule has 0 aliphatic rings. The highest BCUT2D eigenvalue weighted by atomic mass is 31.0. The number of hydrogen-bond acceptors (Lipinski definition) is 1. The summed E-state index contributed by atoms with van der Waals surface area (Å²) in [6, 6.07) is 4.41. The lowest BCUT2D eigenvalue weighted by atomic mass is 9.79. The second-order valence-corrected chi connectivity index (χ2v) is 7.32. The molecule has 0 spiro atoms. The summed E-state index contributed by atoms with van der Waals surface area (Å²) in [6.45, 7) is 13.3. The first-order valence-corrected chi connectivity index (χ1v) is 6.63. The fourth-order valence-electron chi connectivity index (χ4n) is 1.99. The predicted octanol–water partition coefficient (Wildman–Crippen LogP) is 3.79. The van der Waals surface area contributed by atoms with Gasteiger partial charge < -0.3 is 4.74 Å². The van der Waals surface area contributed by atoms with Gasteiger partial charge in [-0.3, -0.25) is 0 Å². The van der Waals surface area contributed by atoms with Crippen LogP contribution in [0, 0.1) is 0 Å². The number of rotatable bonds is 1. The molecule has 17 heavy (non-hydrogen) atoms. The topological polar surface area (TPSA) is 9.23 Å². The Hall–Kier alpha value is -0.550. The van der Waals surface area contributed by atoms with Crippen molar-refractivity contribution in [2.45, 2.75) is 52.4 Å². The van der Waals surface area contributed by atoms with Gasteiger partial charge in [0.25, 0.3) is 0 Å². The average Bonchev–Trinajstić information content (AvgIpc) is 2.13. The summed E-state index contributed by atoms with van der Waals surface area (Å²) in [6.07, 6.45) is 0. The van der Waals surface area contributed by atoms with Crippen molar-refractivity contribution in [2.75, 3.05) is 7.11 Å². The second kappa shape index (κ2) is 4.61. The van der Waals surface area contributed by atoms with Gasteiger partial charge in [-0.25, -0.2) is 0 Å². The van der Waals surface area contributed by atoms with E-state index in [4.69, 9.17) is 4.74 Å². The van der Waals surface area contributed by atoms with E-state index >= 15 is 0 Å². The van der Waals surface area contributed by atoms with Crippen molar-refractivity contribution in [3.05, 3.63) is 23.3 Å². The molecule has 0 aliphatic carbocycles. The van der Waals surface area contributed by atoms with Crippen molar-refractivity contribution in [3.8, 4) is 5.75 Å². The van der Waals surface area contributed by atoms with E-state index in [0.29, 0.717) is 0 Å². The highest BCUT2D eigenvalue weighted by molar-refractivity contribution is 7.27.